The van der Waals surface area contributed by atoms with Gasteiger partial charge in [0.2, 0.25) is 11.9 Å². The van der Waals surface area contributed by atoms with E-state index in [4.69, 9.17) is 10.5 Å². The molecule has 9 nitrogen and oxygen atoms in total. The fourth-order valence-corrected chi connectivity index (χ4v) is 3.65. The van der Waals surface area contributed by atoms with Gasteiger partial charge in [-0.05, 0) is 25.8 Å². The number of halogens is 1. The maximum Gasteiger partial charge on any atom is 0.228 e. The van der Waals surface area contributed by atoms with Gasteiger partial charge in [-0.3, -0.25) is 4.79 Å². The van der Waals surface area contributed by atoms with Gasteiger partial charge in [-0.15, -0.1) is 5.10 Å². The van der Waals surface area contributed by atoms with Crippen LogP contribution in [0.25, 0.3) is 16.6 Å². The normalized spacial score (nSPS) is 15.3. The molecular weight excluding hydrogens is 389 g/mol. The summed E-state index contributed by atoms with van der Waals surface area (Å²) in [5.41, 5.74) is 6.99. The van der Waals surface area contributed by atoms with E-state index in [2.05, 4.69) is 20.4 Å². The average Bonchev–Trinajstić information content (AvgIpc) is 3.11. The van der Waals surface area contributed by atoms with Gasteiger partial charge in [0.15, 0.2) is 23.0 Å². The lowest BCUT2D eigenvalue weighted by Crippen LogP contribution is -2.52. The van der Waals surface area contributed by atoms with E-state index >= 15 is 0 Å². The van der Waals surface area contributed by atoms with E-state index in [1.54, 1.807) is 0 Å². The largest absolute Gasteiger partial charge is 0.494 e. The second-order valence-electron chi connectivity index (χ2n) is 7.78. The monoisotopic (exact) mass is 415 g/mol. The number of nitrogens with one attached hydrogen (secondary N) is 1. The summed E-state index contributed by atoms with van der Waals surface area (Å²) in [6.45, 7) is 3.57. The molecule has 2 aromatic heterocycles. The number of nitrogens with two attached hydrogens (primary N) is 1. The first-order valence-electron chi connectivity index (χ1n) is 10.0. The lowest BCUT2D eigenvalue weighted by atomic mass is 10.0. The van der Waals surface area contributed by atoms with Crippen molar-refractivity contribution in [2.45, 2.75) is 32.2 Å². The smallest absolute Gasteiger partial charge is 0.228 e. The molecule has 0 bridgehead atoms. The maximum atomic E-state index is 14.2. The van der Waals surface area contributed by atoms with Gasteiger partial charge in [-0.2, -0.15) is 4.52 Å². The summed E-state index contributed by atoms with van der Waals surface area (Å²) in [6.07, 6.45) is 2.27. The van der Waals surface area contributed by atoms with Crippen LogP contribution in [0.1, 0.15) is 25.6 Å². The highest BCUT2D eigenvalue weighted by Crippen LogP contribution is 2.27. The summed E-state index contributed by atoms with van der Waals surface area (Å²) in [5, 5.41) is 8.09. The number of carbonyl (C=O) groups is 1. The minimum atomic E-state index is -0.494. The Hall–Kier alpha value is -3.01. The standard InChI is InChI=1S/C20H26FN7O2/c1-11(27(2)19(29)12-9-23-10-12)5-4-6-17-25-18-13-7-14(21)16(30-3)8-15(13)24-20(22)28(18)26-17/h7-8,11-12,23H,4-6,9-10H2,1-3H3,(H2,22,24)/t11-/m0/s1. The molecule has 1 aromatic carbocycles. The number of methoxy groups -OCH3 is 1. The second-order valence-corrected chi connectivity index (χ2v) is 7.78. The number of hydrogen-bond donors (Lipinski definition) is 2. The van der Waals surface area contributed by atoms with Gasteiger partial charge in [0, 0.05) is 44.1 Å². The first kappa shape index (κ1) is 20.3. The summed E-state index contributed by atoms with van der Waals surface area (Å²) < 4.78 is 20.7. The molecule has 1 atom stereocenters. The van der Waals surface area contributed by atoms with Crippen LogP contribution >= 0.6 is 0 Å². The van der Waals surface area contributed by atoms with Crippen molar-refractivity contribution in [2.75, 3.05) is 33.0 Å². The molecule has 10 heteroatoms. The zero-order chi connectivity index (χ0) is 21.4. The van der Waals surface area contributed by atoms with Crippen LogP contribution < -0.4 is 15.8 Å². The van der Waals surface area contributed by atoms with Crippen molar-refractivity contribution in [1.29, 1.82) is 0 Å². The number of ether oxygens (including phenoxy) is 1. The zero-order valence-corrected chi connectivity index (χ0v) is 17.4. The number of aromatic nitrogens is 4. The quantitative estimate of drug-likeness (QED) is 0.600. The van der Waals surface area contributed by atoms with Gasteiger partial charge in [-0.1, -0.05) is 0 Å². The van der Waals surface area contributed by atoms with Crippen LogP contribution in [0.4, 0.5) is 10.3 Å². The van der Waals surface area contributed by atoms with E-state index in [9.17, 15) is 9.18 Å². The van der Waals surface area contributed by atoms with Crippen LogP contribution in [0.5, 0.6) is 5.75 Å². The predicted molar refractivity (Wildman–Crippen MR) is 111 cm³/mol. The molecule has 3 aromatic rings. The molecule has 3 heterocycles. The Morgan fingerprint density at radius 2 is 2.20 bits per heavy atom. The van der Waals surface area contributed by atoms with Crippen molar-refractivity contribution in [3.05, 3.63) is 23.8 Å². The van der Waals surface area contributed by atoms with Crippen molar-refractivity contribution in [1.82, 2.24) is 29.8 Å². The third kappa shape index (κ3) is 3.62. The molecule has 160 valence electrons. The van der Waals surface area contributed by atoms with E-state index in [1.807, 2.05) is 18.9 Å². The van der Waals surface area contributed by atoms with E-state index < -0.39 is 5.82 Å². The Balaban J connectivity index is 1.48. The topological polar surface area (TPSA) is 111 Å². The molecule has 0 unspecified atom stereocenters. The Morgan fingerprint density at radius 3 is 2.87 bits per heavy atom. The second kappa shape index (κ2) is 8.02. The van der Waals surface area contributed by atoms with Crippen LogP contribution in [0, 0.1) is 11.7 Å². The highest BCUT2D eigenvalue weighted by molar-refractivity contribution is 5.93. The van der Waals surface area contributed by atoms with E-state index in [1.165, 1.54) is 23.8 Å². The molecular formula is C20H26FN7O2. The number of nitrogen functional groups attached to an aromatic ring is 1. The lowest BCUT2D eigenvalue weighted by Gasteiger charge is -2.33. The molecule has 0 spiro atoms. The number of rotatable bonds is 7. The van der Waals surface area contributed by atoms with Crippen LogP contribution in [0.2, 0.25) is 0 Å². The van der Waals surface area contributed by atoms with Crippen molar-refractivity contribution in [2.24, 2.45) is 5.92 Å². The number of hydrogen-bond acceptors (Lipinski definition) is 7. The summed E-state index contributed by atoms with van der Waals surface area (Å²) in [5.74, 6) is 0.680. The molecule has 0 saturated carbocycles. The lowest BCUT2D eigenvalue weighted by molar-refractivity contribution is -0.137. The number of nitrogens with zero attached hydrogens (tertiary/aromatic N) is 5. The summed E-state index contributed by atoms with van der Waals surface area (Å²) in [4.78, 5) is 23.0. The van der Waals surface area contributed by atoms with E-state index in [0.717, 1.165) is 25.9 Å². The molecule has 4 rings (SSSR count). The summed E-state index contributed by atoms with van der Waals surface area (Å²) in [6, 6.07) is 2.97. The first-order valence-corrected chi connectivity index (χ1v) is 10.0. The summed E-state index contributed by atoms with van der Waals surface area (Å²) >= 11 is 0. The Labute approximate surface area is 173 Å². The van der Waals surface area contributed by atoms with Gasteiger partial charge in [0.05, 0.1) is 18.5 Å². The van der Waals surface area contributed by atoms with E-state index in [0.29, 0.717) is 28.8 Å². The highest BCUT2D eigenvalue weighted by Gasteiger charge is 2.29. The highest BCUT2D eigenvalue weighted by atomic mass is 19.1. The molecule has 1 aliphatic rings. The molecule has 0 radical (unpaired) electrons. The minimum Gasteiger partial charge on any atom is -0.494 e. The number of anilines is 1. The molecule has 1 saturated heterocycles. The number of fused-ring (bicyclic) bond motifs is 3. The predicted octanol–water partition coefficient (Wildman–Crippen LogP) is 1.40. The minimum absolute atomic E-state index is 0.0975. The maximum absolute atomic E-state index is 14.2. The van der Waals surface area contributed by atoms with Crippen molar-refractivity contribution in [3.8, 4) is 5.75 Å². The van der Waals surface area contributed by atoms with E-state index in [-0.39, 0.29) is 29.6 Å². The van der Waals surface area contributed by atoms with Gasteiger partial charge >= 0.3 is 0 Å². The van der Waals surface area contributed by atoms with Crippen LogP contribution in [-0.4, -0.2) is 63.7 Å². The molecule has 1 aliphatic heterocycles. The van der Waals surface area contributed by atoms with Crippen LogP contribution in [-0.2, 0) is 11.2 Å². The number of amides is 1. The van der Waals surface area contributed by atoms with Crippen LogP contribution in [0.3, 0.4) is 0 Å². The Bertz CT molecular complexity index is 1100. The van der Waals surface area contributed by atoms with Crippen molar-refractivity contribution < 1.29 is 13.9 Å². The van der Waals surface area contributed by atoms with Gasteiger partial charge in [0.25, 0.3) is 0 Å². The molecule has 1 amide bonds. The molecule has 0 aliphatic carbocycles. The zero-order valence-electron chi connectivity index (χ0n) is 17.4. The third-order valence-corrected chi connectivity index (χ3v) is 5.78. The molecule has 1 fully saturated rings. The Kier molecular flexibility index (Phi) is 5.42. The summed E-state index contributed by atoms with van der Waals surface area (Å²) in [7, 11) is 3.26. The fraction of sp³-hybridized carbons (Fsp3) is 0.500. The van der Waals surface area contributed by atoms with Gasteiger partial charge in [-0.25, -0.2) is 14.4 Å². The van der Waals surface area contributed by atoms with Crippen molar-refractivity contribution in [3.63, 3.8) is 0 Å². The number of carbonyl (C=O) groups excluding carboxylic acids is 1. The SMILES string of the molecule is COc1cc2nc(N)n3nc(CCC[C@H](C)N(C)C(=O)C4CNC4)nc3c2cc1F. The van der Waals surface area contributed by atoms with Crippen molar-refractivity contribution >= 4 is 28.4 Å². The third-order valence-electron chi connectivity index (χ3n) is 5.78. The Morgan fingerprint density at radius 1 is 1.43 bits per heavy atom. The number of aryl methyl sites for hydroxylation is 1. The fourth-order valence-electron chi connectivity index (χ4n) is 3.65. The first-order chi connectivity index (χ1) is 14.4. The number of benzene rings is 1. The molecule has 30 heavy (non-hydrogen) atoms. The molecule has 3 N–H and O–H groups in total. The van der Waals surface area contributed by atoms with Gasteiger partial charge < -0.3 is 20.7 Å². The van der Waals surface area contributed by atoms with Crippen LogP contribution in [0.15, 0.2) is 12.1 Å². The average molecular weight is 415 g/mol. The van der Waals surface area contributed by atoms with Gasteiger partial charge in [0.1, 0.15) is 0 Å².